The number of nitrogens with zero attached hydrogens (tertiary/aromatic N) is 7. The van der Waals surface area contributed by atoms with Gasteiger partial charge in [-0.1, -0.05) is 0 Å². The van der Waals surface area contributed by atoms with Gasteiger partial charge in [-0.05, 0) is 107 Å². The molecule has 5 aromatic rings. The number of allylic oxidation sites excluding steroid dienone is 1. The van der Waals surface area contributed by atoms with Crippen LogP contribution in [0.4, 0.5) is 8.78 Å². The highest BCUT2D eigenvalue weighted by Gasteiger charge is 2.35. The van der Waals surface area contributed by atoms with Crippen molar-refractivity contribution in [3.63, 3.8) is 0 Å². The molecule has 5 heterocycles. The number of nitrogens with one attached hydrogen (secondary N) is 1. The third-order valence-corrected chi connectivity index (χ3v) is 10.9. The van der Waals surface area contributed by atoms with E-state index in [0.29, 0.717) is 47.1 Å². The van der Waals surface area contributed by atoms with Gasteiger partial charge < -0.3 is 9.64 Å². The molecule has 3 aromatic heterocycles. The average molecular weight is 681 g/mol. The number of hydrogen-bond donors (Lipinski definition) is 1. The fourth-order valence-corrected chi connectivity index (χ4v) is 8.20. The standard InChI is InChI=1S/C38H42F2N8O2/c1-21-17-30-28(19-42-45-30)34(23(21)3)33-22(2)16-27-36(35(33)40)44-38(50-24(4)31-8-7-14-46(31)5)29-20-43-48(37(27)29)26-11-15-47(25(18-26)10-13-41)32(49)9-6-12-39/h6,9,16-17,19-20,24-26,31H,7-8,10-12,14-15,18H2,1-5H3,(H,42,45)/b9-6+/t24?,25-,26+,31+/m1/s1. The van der Waals surface area contributed by atoms with Gasteiger partial charge in [0.2, 0.25) is 11.8 Å². The summed E-state index contributed by atoms with van der Waals surface area (Å²) in [5, 5.41) is 24.0. The van der Waals surface area contributed by atoms with E-state index in [1.807, 2.05) is 44.5 Å². The molecule has 2 fully saturated rings. The van der Waals surface area contributed by atoms with Gasteiger partial charge in [0, 0.05) is 41.0 Å². The van der Waals surface area contributed by atoms with Crippen LogP contribution >= 0.6 is 0 Å². The number of H-pyrrole nitrogens is 1. The number of aromatic nitrogens is 5. The molecule has 0 saturated carbocycles. The number of benzene rings is 2. The molecular weight excluding hydrogens is 638 g/mol. The molecule has 260 valence electrons. The van der Waals surface area contributed by atoms with Gasteiger partial charge in [0.1, 0.15) is 18.3 Å². The number of rotatable bonds is 8. The number of piperidine rings is 1. The molecule has 1 N–H and O–H groups in total. The minimum atomic E-state index is -0.736. The number of amides is 1. The fraction of sp³-hybridized carbons (Fsp3) is 0.447. The molecule has 2 aromatic carbocycles. The molecule has 12 heteroatoms. The van der Waals surface area contributed by atoms with Crippen molar-refractivity contribution in [2.24, 2.45) is 0 Å². The predicted molar refractivity (Wildman–Crippen MR) is 189 cm³/mol. The maximum absolute atomic E-state index is 17.4. The summed E-state index contributed by atoms with van der Waals surface area (Å²) in [6.45, 7) is 8.59. The van der Waals surface area contributed by atoms with E-state index in [9.17, 15) is 14.4 Å². The van der Waals surface area contributed by atoms with E-state index < -0.39 is 12.5 Å². The number of aromatic amines is 1. The topological polar surface area (TPSA) is 116 Å². The monoisotopic (exact) mass is 680 g/mol. The Morgan fingerprint density at radius 2 is 1.96 bits per heavy atom. The van der Waals surface area contributed by atoms with Gasteiger partial charge in [0.05, 0.1) is 47.3 Å². The second-order valence-electron chi connectivity index (χ2n) is 13.9. The first kappa shape index (κ1) is 33.6. The van der Waals surface area contributed by atoms with Gasteiger partial charge in [0.25, 0.3) is 0 Å². The van der Waals surface area contributed by atoms with E-state index in [1.165, 1.54) is 12.2 Å². The molecule has 4 atom stereocenters. The zero-order valence-corrected chi connectivity index (χ0v) is 29.1. The molecular formula is C38H42F2N8O2. The first-order valence-corrected chi connectivity index (χ1v) is 17.3. The Balaban J connectivity index is 1.41. The third kappa shape index (κ3) is 5.67. The van der Waals surface area contributed by atoms with Crippen LogP contribution in [0, 0.1) is 37.9 Å². The van der Waals surface area contributed by atoms with Crippen molar-refractivity contribution in [2.75, 3.05) is 26.8 Å². The van der Waals surface area contributed by atoms with E-state index in [2.05, 4.69) is 28.2 Å². The lowest BCUT2D eigenvalue weighted by Gasteiger charge is -2.38. The Kier molecular flexibility index (Phi) is 9.03. The van der Waals surface area contributed by atoms with Crippen LogP contribution in [0.1, 0.15) is 61.8 Å². The zero-order valence-electron chi connectivity index (χ0n) is 29.1. The average Bonchev–Trinajstić information content (AvgIpc) is 3.86. The second-order valence-corrected chi connectivity index (χ2v) is 13.9. The molecule has 0 aliphatic carbocycles. The summed E-state index contributed by atoms with van der Waals surface area (Å²) in [5.74, 6) is -0.428. The van der Waals surface area contributed by atoms with Crippen LogP contribution in [0.15, 0.2) is 36.7 Å². The van der Waals surface area contributed by atoms with Gasteiger partial charge >= 0.3 is 0 Å². The first-order chi connectivity index (χ1) is 24.1. The SMILES string of the molecule is Cc1cc2[nH]ncc2c(-c2c(C)cc3c(nc(OC(C)[C@@H]4CCCN4C)c4cnn([C@H]5CCN(C(=O)/C=C/CF)[C@H](CC#N)C5)c43)c2F)c1C. The van der Waals surface area contributed by atoms with Crippen molar-refractivity contribution in [3.8, 4) is 23.1 Å². The highest BCUT2D eigenvalue weighted by Crippen LogP contribution is 2.43. The zero-order chi connectivity index (χ0) is 35.3. The number of halogens is 2. The lowest BCUT2D eigenvalue weighted by Crippen LogP contribution is -2.46. The van der Waals surface area contributed by atoms with Gasteiger partial charge in [0.15, 0.2) is 5.82 Å². The number of pyridine rings is 1. The number of ether oxygens (including phenoxy) is 1. The molecule has 0 spiro atoms. The largest absolute Gasteiger partial charge is 0.472 e. The summed E-state index contributed by atoms with van der Waals surface area (Å²) in [6.07, 6.45) is 8.91. The highest BCUT2D eigenvalue weighted by molar-refractivity contribution is 6.09. The molecule has 0 radical (unpaired) electrons. The predicted octanol–water partition coefficient (Wildman–Crippen LogP) is 7.03. The number of alkyl halides is 1. The van der Waals surface area contributed by atoms with Crippen molar-refractivity contribution < 1.29 is 18.3 Å². The van der Waals surface area contributed by atoms with E-state index in [-0.39, 0.29) is 42.1 Å². The first-order valence-electron chi connectivity index (χ1n) is 17.3. The Hall–Kier alpha value is -4.89. The number of likely N-dealkylation sites (tertiary alicyclic amines) is 2. The molecule has 2 aliphatic heterocycles. The number of aryl methyl sites for hydroxylation is 2. The van der Waals surface area contributed by atoms with Crippen LogP contribution in [-0.2, 0) is 4.79 Å². The fourth-order valence-electron chi connectivity index (χ4n) is 8.20. The molecule has 2 aliphatic rings. The number of carbonyl (C=O) groups excluding carboxylic acids is 1. The van der Waals surface area contributed by atoms with Crippen LogP contribution in [0.2, 0.25) is 0 Å². The van der Waals surface area contributed by atoms with Gasteiger partial charge in [-0.3, -0.25) is 19.5 Å². The Bertz CT molecular complexity index is 2180. The quantitative estimate of drug-likeness (QED) is 0.175. The summed E-state index contributed by atoms with van der Waals surface area (Å²) >= 11 is 0. The maximum Gasteiger partial charge on any atom is 0.246 e. The summed E-state index contributed by atoms with van der Waals surface area (Å²) < 4.78 is 38.7. The highest BCUT2D eigenvalue weighted by atomic mass is 19.1. The molecule has 10 nitrogen and oxygen atoms in total. The Labute approximate surface area is 289 Å². The number of fused-ring (bicyclic) bond motifs is 4. The van der Waals surface area contributed by atoms with Crippen molar-refractivity contribution in [1.29, 1.82) is 5.26 Å². The van der Waals surface area contributed by atoms with Crippen molar-refractivity contribution in [3.05, 3.63) is 59.2 Å². The van der Waals surface area contributed by atoms with Crippen molar-refractivity contribution in [2.45, 2.75) is 84.0 Å². The molecule has 7 rings (SSSR count). The third-order valence-electron chi connectivity index (χ3n) is 10.9. The Morgan fingerprint density at radius 3 is 2.70 bits per heavy atom. The summed E-state index contributed by atoms with van der Waals surface area (Å²) in [4.78, 5) is 21.8. The van der Waals surface area contributed by atoms with Crippen molar-refractivity contribution >= 4 is 38.6 Å². The van der Waals surface area contributed by atoms with Crippen LogP contribution in [0.25, 0.3) is 43.8 Å². The minimum absolute atomic E-state index is 0.128. The van der Waals surface area contributed by atoms with E-state index in [4.69, 9.17) is 14.8 Å². The number of nitriles is 1. The summed E-state index contributed by atoms with van der Waals surface area (Å²) in [7, 11) is 2.09. The van der Waals surface area contributed by atoms with Crippen molar-refractivity contribution in [1.82, 2.24) is 34.8 Å². The van der Waals surface area contributed by atoms with Crippen LogP contribution in [0.3, 0.4) is 0 Å². The second kappa shape index (κ2) is 13.4. The Morgan fingerprint density at radius 1 is 1.14 bits per heavy atom. The normalized spacial score (nSPS) is 20.8. The minimum Gasteiger partial charge on any atom is -0.472 e. The van der Waals surface area contributed by atoms with E-state index in [1.54, 1.807) is 17.3 Å². The molecule has 50 heavy (non-hydrogen) atoms. The molecule has 1 unspecified atom stereocenters. The van der Waals surface area contributed by atoms with Gasteiger partial charge in [-0.2, -0.15) is 15.5 Å². The number of carbonyl (C=O) groups is 1. The number of hydrogen-bond acceptors (Lipinski definition) is 7. The molecule has 0 bridgehead atoms. The maximum atomic E-state index is 17.4. The summed E-state index contributed by atoms with van der Waals surface area (Å²) in [5.41, 5.74) is 5.72. The van der Waals surface area contributed by atoms with Crippen LogP contribution in [0.5, 0.6) is 5.88 Å². The lowest BCUT2D eigenvalue weighted by molar-refractivity contribution is -0.130. The molecule has 1 amide bonds. The smallest absolute Gasteiger partial charge is 0.246 e. The molecule has 2 saturated heterocycles. The number of likely N-dealkylation sites (N-methyl/N-ethyl adjacent to an activating group) is 1. The van der Waals surface area contributed by atoms with Gasteiger partial charge in [-0.25, -0.2) is 13.8 Å². The van der Waals surface area contributed by atoms with E-state index in [0.717, 1.165) is 52.5 Å². The van der Waals surface area contributed by atoms with Crippen LogP contribution < -0.4 is 4.74 Å². The van der Waals surface area contributed by atoms with Gasteiger partial charge in [-0.15, -0.1) is 0 Å². The van der Waals surface area contributed by atoms with Crippen LogP contribution in [-0.4, -0.2) is 85.7 Å². The lowest BCUT2D eigenvalue weighted by atomic mass is 9.89. The summed E-state index contributed by atoms with van der Waals surface area (Å²) in [6, 6.07) is 5.85. The van der Waals surface area contributed by atoms with E-state index >= 15 is 4.39 Å².